The summed E-state index contributed by atoms with van der Waals surface area (Å²) in [5.41, 5.74) is 6.89. The van der Waals surface area contributed by atoms with E-state index in [-0.39, 0.29) is 12.1 Å². The Labute approximate surface area is 101 Å². The molecule has 0 aromatic heterocycles. The van der Waals surface area contributed by atoms with Crippen molar-refractivity contribution in [1.29, 1.82) is 0 Å². The Morgan fingerprint density at radius 1 is 1.31 bits per heavy atom. The molecule has 2 atom stereocenters. The maximum absolute atomic E-state index is 6.12. The summed E-state index contributed by atoms with van der Waals surface area (Å²) in [5, 5.41) is 0. The Morgan fingerprint density at radius 2 is 1.94 bits per heavy atom. The lowest BCUT2D eigenvalue weighted by Gasteiger charge is -2.39. The van der Waals surface area contributed by atoms with E-state index in [9.17, 15) is 0 Å². The van der Waals surface area contributed by atoms with Crippen LogP contribution in [0.25, 0.3) is 0 Å². The second-order valence-corrected chi connectivity index (χ2v) is 7.29. The zero-order chi connectivity index (χ0) is 12.4. The first kappa shape index (κ1) is 14.0. The molecule has 2 N–H and O–H groups in total. The minimum Gasteiger partial charge on any atom is -0.377 e. The van der Waals surface area contributed by atoms with Gasteiger partial charge in [0.25, 0.3) is 0 Å². The third kappa shape index (κ3) is 4.84. The summed E-state index contributed by atoms with van der Waals surface area (Å²) in [6.45, 7) is 12.2. The zero-order valence-electron chi connectivity index (χ0n) is 11.7. The van der Waals surface area contributed by atoms with Gasteiger partial charge in [-0.1, -0.05) is 34.6 Å². The normalized spacial score (nSPS) is 30.4. The molecular formula is C14H29NO. The van der Waals surface area contributed by atoms with Crippen molar-refractivity contribution >= 4 is 0 Å². The van der Waals surface area contributed by atoms with Crippen molar-refractivity contribution in [3.8, 4) is 0 Å². The lowest BCUT2D eigenvalue weighted by Crippen LogP contribution is -2.44. The molecule has 0 amide bonds. The van der Waals surface area contributed by atoms with Crippen LogP contribution in [-0.4, -0.2) is 18.8 Å². The van der Waals surface area contributed by atoms with E-state index in [1.54, 1.807) is 0 Å². The minimum absolute atomic E-state index is 0.244. The van der Waals surface area contributed by atoms with Crippen LogP contribution in [0, 0.1) is 10.8 Å². The predicted molar refractivity (Wildman–Crippen MR) is 69.4 cm³/mol. The molecule has 2 unspecified atom stereocenters. The highest BCUT2D eigenvalue weighted by atomic mass is 16.5. The van der Waals surface area contributed by atoms with E-state index >= 15 is 0 Å². The van der Waals surface area contributed by atoms with Crippen LogP contribution in [0.2, 0.25) is 0 Å². The van der Waals surface area contributed by atoms with Crippen molar-refractivity contribution in [3.05, 3.63) is 0 Å². The van der Waals surface area contributed by atoms with Crippen molar-refractivity contribution in [3.63, 3.8) is 0 Å². The van der Waals surface area contributed by atoms with E-state index in [1.807, 2.05) is 0 Å². The highest BCUT2D eigenvalue weighted by Crippen LogP contribution is 2.36. The fraction of sp³-hybridized carbons (Fsp3) is 1.00. The molecule has 0 aromatic carbocycles. The standard InChI is InChI=1S/C14H29NO/c1-13(2,3)8-9-16-12-10-14(4,5)7-6-11(12)15/h11-12H,6-10,15H2,1-5H3. The van der Waals surface area contributed by atoms with Crippen molar-refractivity contribution in [2.45, 2.75) is 72.4 Å². The number of ether oxygens (including phenoxy) is 1. The monoisotopic (exact) mass is 227 g/mol. The van der Waals surface area contributed by atoms with Gasteiger partial charge in [0.15, 0.2) is 0 Å². The summed E-state index contributed by atoms with van der Waals surface area (Å²) in [4.78, 5) is 0. The summed E-state index contributed by atoms with van der Waals surface area (Å²) < 4.78 is 5.98. The average Bonchev–Trinajstić information content (AvgIpc) is 2.09. The second kappa shape index (κ2) is 5.05. The van der Waals surface area contributed by atoms with Crippen LogP contribution < -0.4 is 5.73 Å². The molecule has 2 nitrogen and oxygen atoms in total. The lowest BCUT2D eigenvalue weighted by molar-refractivity contribution is -0.0268. The zero-order valence-corrected chi connectivity index (χ0v) is 11.7. The number of rotatable bonds is 3. The van der Waals surface area contributed by atoms with Gasteiger partial charge in [0.1, 0.15) is 0 Å². The minimum atomic E-state index is 0.244. The topological polar surface area (TPSA) is 35.2 Å². The van der Waals surface area contributed by atoms with E-state index < -0.39 is 0 Å². The van der Waals surface area contributed by atoms with Gasteiger partial charge in [-0.2, -0.15) is 0 Å². The third-order valence-corrected chi connectivity index (χ3v) is 3.57. The van der Waals surface area contributed by atoms with Crippen molar-refractivity contribution in [1.82, 2.24) is 0 Å². The Bertz CT molecular complexity index is 217. The molecule has 1 aliphatic carbocycles. The molecule has 2 heteroatoms. The van der Waals surface area contributed by atoms with Crippen LogP contribution in [0.1, 0.15) is 60.3 Å². The molecule has 16 heavy (non-hydrogen) atoms. The van der Waals surface area contributed by atoms with E-state index in [2.05, 4.69) is 34.6 Å². The van der Waals surface area contributed by atoms with Gasteiger partial charge in [-0.3, -0.25) is 0 Å². The summed E-state index contributed by atoms with van der Waals surface area (Å²) in [7, 11) is 0. The molecule has 0 heterocycles. The first-order valence-corrected chi connectivity index (χ1v) is 6.57. The average molecular weight is 227 g/mol. The number of hydrogen-bond acceptors (Lipinski definition) is 2. The Morgan fingerprint density at radius 3 is 2.50 bits per heavy atom. The van der Waals surface area contributed by atoms with E-state index in [0.717, 1.165) is 25.9 Å². The van der Waals surface area contributed by atoms with Crippen LogP contribution in [0.3, 0.4) is 0 Å². The lowest BCUT2D eigenvalue weighted by atomic mass is 9.74. The Kier molecular flexibility index (Phi) is 4.42. The Hall–Kier alpha value is -0.0800. The van der Waals surface area contributed by atoms with Gasteiger partial charge in [0, 0.05) is 12.6 Å². The molecule has 1 saturated carbocycles. The molecule has 0 aliphatic heterocycles. The van der Waals surface area contributed by atoms with Gasteiger partial charge in [-0.15, -0.1) is 0 Å². The van der Waals surface area contributed by atoms with E-state index in [1.165, 1.54) is 6.42 Å². The third-order valence-electron chi connectivity index (χ3n) is 3.57. The van der Waals surface area contributed by atoms with E-state index in [0.29, 0.717) is 10.8 Å². The van der Waals surface area contributed by atoms with E-state index in [4.69, 9.17) is 10.5 Å². The molecule has 1 aliphatic rings. The summed E-state index contributed by atoms with van der Waals surface area (Å²) in [6.07, 6.45) is 4.82. The molecule has 1 fully saturated rings. The highest BCUT2D eigenvalue weighted by molar-refractivity contribution is 4.88. The smallest absolute Gasteiger partial charge is 0.0731 e. The van der Waals surface area contributed by atoms with Crippen molar-refractivity contribution in [2.24, 2.45) is 16.6 Å². The van der Waals surface area contributed by atoms with Gasteiger partial charge in [0.05, 0.1) is 6.10 Å². The largest absolute Gasteiger partial charge is 0.377 e. The SMILES string of the molecule is CC(C)(C)CCOC1CC(C)(C)CCC1N. The summed E-state index contributed by atoms with van der Waals surface area (Å²) in [5.74, 6) is 0. The van der Waals surface area contributed by atoms with Crippen LogP contribution in [-0.2, 0) is 4.74 Å². The molecule has 0 bridgehead atoms. The van der Waals surface area contributed by atoms with Crippen molar-refractivity contribution < 1.29 is 4.74 Å². The van der Waals surface area contributed by atoms with Crippen LogP contribution in [0.5, 0.6) is 0 Å². The number of hydrogen-bond donors (Lipinski definition) is 1. The highest BCUT2D eigenvalue weighted by Gasteiger charge is 2.33. The quantitative estimate of drug-likeness (QED) is 0.802. The molecule has 0 saturated heterocycles. The van der Waals surface area contributed by atoms with Gasteiger partial charge in [0.2, 0.25) is 0 Å². The second-order valence-electron chi connectivity index (χ2n) is 7.29. The van der Waals surface area contributed by atoms with Crippen LogP contribution >= 0.6 is 0 Å². The summed E-state index contributed by atoms with van der Waals surface area (Å²) >= 11 is 0. The molecule has 0 radical (unpaired) electrons. The van der Waals surface area contributed by atoms with Gasteiger partial charge < -0.3 is 10.5 Å². The van der Waals surface area contributed by atoms with Gasteiger partial charge >= 0.3 is 0 Å². The molecule has 0 spiro atoms. The van der Waals surface area contributed by atoms with Gasteiger partial charge in [-0.25, -0.2) is 0 Å². The van der Waals surface area contributed by atoms with Crippen molar-refractivity contribution in [2.75, 3.05) is 6.61 Å². The first-order valence-electron chi connectivity index (χ1n) is 6.57. The van der Waals surface area contributed by atoms with Crippen LogP contribution in [0.15, 0.2) is 0 Å². The van der Waals surface area contributed by atoms with Gasteiger partial charge in [-0.05, 0) is 36.5 Å². The predicted octanol–water partition coefficient (Wildman–Crippen LogP) is 3.35. The maximum Gasteiger partial charge on any atom is 0.0731 e. The molecule has 0 aromatic rings. The number of nitrogens with two attached hydrogens (primary N) is 1. The molecule has 96 valence electrons. The maximum atomic E-state index is 6.12. The Balaban J connectivity index is 2.35. The van der Waals surface area contributed by atoms with Crippen LogP contribution in [0.4, 0.5) is 0 Å². The fourth-order valence-corrected chi connectivity index (χ4v) is 2.24. The fourth-order valence-electron chi connectivity index (χ4n) is 2.24. The molecule has 1 rings (SSSR count). The first-order chi connectivity index (χ1) is 7.20. The molecular weight excluding hydrogens is 198 g/mol. The summed E-state index contributed by atoms with van der Waals surface area (Å²) in [6, 6.07) is 0.244.